The van der Waals surface area contributed by atoms with E-state index in [2.05, 4.69) is 0 Å². The normalized spacial score (nSPS) is 11.7. The molecule has 1 atom stereocenters. The summed E-state index contributed by atoms with van der Waals surface area (Å²) < 4.78 is 16.4. The summed E-state index contributed by atoms with van der Waals surface area (Å²) >= 11 is 0. The van der Waals surface area contributed by atoms with E-state index in [1.165, 1.54) is 44.1 Å². The number of phenolic OH excluding ortho intramolecular Hbond substituents is 1. The van der Waals surface area contributed by atoms with Crippen LogP contribution in [0.2, 0.25) is 0 Å². The Kier molecular flexibility index (Phi) is 5.99. The van der Waals surface area contributed by atoms with E-state index in [1.807, 2.05) is 0 Å². The molecule has 0 aliphatic heterocycles. The average molecular weight is 377 g/mol. The van der Waals surface area contributed by atoms with Crippen molar-refractivity contribution in [1.29, 1.82) is 0 Å². The maximum Gasteiger partial charge on any atom is 0.306 e. The number of rotatable bonds is 6. The van der Waals surface area contributed by atoms with Crippen molar-refractivity contribution in [3.8, 4) is 23.0 Å². The number of nitrogens with zero attached hydrogens (tertiary/aromatic N) is 1. The fourth-order valence-corrected chi connectivity index (χ4v) is 2.90. The van der Waals surface area contributed by atoms with E-state index in [9.17, 15) is 19.8 Å². The number of carbonyl (C=O) groups excluding carboxylic acids is 1. The lowest BCUT2D eigenvalue weighted by molar-refractivity contribution is -0.140. The van der Waals surface area contributed by atoms with Crippen molar-refractivity contribution in [2.75, 3.05) is 21.3 Å². The molecule has 1 aromatic carbocycles. The lowest BCUT2D eigenvalue weighted by atomic mass is 9.88. The van der Waals surface area contributed by atoms with Gasteiger partial charge in [-0.15, -0.1) is 0 Å². The van der Waals surface area contributed by atoms with Crippen LogP contribution < -0.4 is 15.0 Å². The first-order valence-electron chi connectivity index (χ1n) is 8.16. The minimum atomic E-state index is -0.833. The lowest BCUT2D eigenvalue weighted by Gasteiger charge is -2.21. The van der Waals surface area contributed by atoms with Crippen LogP contribution in [0.5, 0.6) is 23.0 Å². The van der Waals surface area contributed by atoms with Crippen LogP contribution in [-0.4, -0.2) is 42.1 Å². The molecule has 27 heavy (non-hydrogen) atoms. The van der Waals surface area contributed by atoms with Crippen LogP contribution in [0.3, 0.4) is 0 Å². The zero-order chi connectivity index (χ0) is 20.3. The number of pyridine rings is 1. The Hall–Kier alpha value is -3.16. The van der Waals surface area contributed by atoms with Crippen LogP contribution in [-0.2, 0) is 16.6 Å². The first-order chi connectivity index (χ1) is 12.7. The van der Waals surface area contributed by atoms with E-state index >= 15 is 0 Å². The highest BCUT2D eigenvalue weighted by Gasteiger charge is 2.28. The molecule has 8 nitrogen and oxygen atoms in total. The monoisotopic (exact) mass is 377 g/mol. The van der Waals surface area contributed by atoms with Gasteiger partial charge in [0.05, 0.1) is 33.3 Å². The quantitative estimate of drug-likeness (QED) is 0.739. The Labute approximate surface area is 156 Å². The van der Waals surface area contributed by atoms with Gasteiger partial charge in [0.25, 0.3) is 5.56 Å². The van der Waals surface area contributed by atoms with Crippen molar-refractivity contribution < 1.29 is 29.2 Å². The van der Waals surface area contributed by atoms with Gasteiger partial charge in [-0.25, -0.2) is 0 Å². The molecule has 0 bridgehead atoms. The van der Waals surface area contributed by atoms with E-state index in [4.69, 9.17) is 14.2 Å². The maximum atomic E-state index is 12.8. The fourth-order valence-electron chi connectivity index (χ4n) is 2.90. The van der Waals surface area contributed by atoms with Gasteiger partial charge in [-0.05, 0) is 30.7 Å². The third kappa shape index (κ3) is 3.84. The second-order valence-electron chi connectivity index (χ2n) is 6.06. The molecule has 2 rings (SSSR count). The van der Waals surface area contributed by atoms with Crippen molar-refractivity contribution >= 4 is 5.97 Å². The number of aryl methyl sites for hydroxylation is 1. The number of aromatic nitrogens is 1. The number of aromatic hydroxyl groups is 2. The predicted octanol–water partition coefficient (Wildman–Crippen LogP) is 1.82. The molecule has 0 amide bonds. The molecule has 1 heterocycles. The molecule has 0 spiro atoms. The van der Waals surface area contributed by atoms with Crippen molar-refractivity contribution in [3.63, 3.8) is 0 Å². The standard InChI is InChI=1S/C19H23NO7/c1-10-6-13(21)17(19(24)20(10)2)12(9-16(22)27-5)11-7-14(25-3)18(23)15(8-11)26-4/h6-8,12,21,23H,9H2,1-5H3. The lowest BCUT2D eigenvalue weighted by Crippen LogP contribution is -2.26. The van der Waals surface area contributed by atoms with Crippen LogP contribution >= 0.6 is 0 Å². The van der Waals surface area contributed by atoms with Crippen molar-refractivity contribution in [1.82, 2.24) is 4.57 Å². The zero-order valence-electron chi connectivity index (χ0n) is 15.9. The van der Waals surface area contributed by atoms with E-state index in [0.29, 0.717) is 11.3 Å². The molecule has 0 fully saturated rings. The fraction of sp³-hybridized carbons (Fsp3) is 0.368. The predicted molar refractivity (Wildman–Crippen MR) is 97.8 cm³/mol. The number of methoxy groups -OCH3 is 3. The van der Waals surface area contributed by atoms with E-state index in [0.717, 1.165) is 0 Å². The average Bonchev–Trinajstić information content (AvgIpc) is 2.65. The van der Waals surface area contributed by atoms with Gasteiger partial charge in [0.2, 0.25) is 5.75 Å². The molecule has 2 N–H and O–H groups in total. The Balaban J connectivity index is 2.77. The maximum absolute atomic E-state index is 12.8. The van der Waals surface area contributed by atoms with Gasteiger partial charge in [-0.1, -0.05) is 0 Å². The number of benzene rings is 1. The molecule has 0 saturated heterocycles. The van der Waals surface area contributed by atoms with Gasteiger partial charge in [-0.2, -0.15) is 0 Å². The highest BCUT2D eigenvalue weighted by atomic mass is 16.5. The summed E-state index contributed by atoms with van der Waals surface area (Å²) in [5.41, 5.74) is 0.623. The van der Waals surface area contributed by atoms with Crippen LogP contribution in [0.4, 0.5) is 0 Å². The van der Waals surface area contributed by atoms with Crippen molar-refractivity contribution in [2.45, 2.75) is 19.3 Å². The molecule has 1 aromatic heterocycles. The molecule has 146 valence electrons. The summed E-state index contributed by atoms with van der Waals surface area (Å²) in [6.07, 6.45) is -0.195. The third-order valence-corrected chi connectivity index (χ3v) is 4.54. The SMILES string of the molecule is COC(=O)CC(c1cc(OC)c(O)c(OC)c1)c1c(O)cc(C)n(C)c1=O. The summed E-state index contributed by atoms with van der Waals surface area (Å²) in [5, 5.41) is 20.6. The van der Waals surface area contributed by atoms with Gasteiger partial charge in [0.15, 0.2) is 11.5 Å². The minimum Gasteiger partial charge on any atom is -0.507 e. The summed E-state index contributed by atoms with van der Waals surface area (Å²) in [6, 6.07) is 4.43. The molecule has 0 saturated carbocycles. The van der Waals surface area contributed by atoms with E-state index < -0.39 is 17.4 Å². The Morgan fingerprint density at radius 1 is 1.11 bits per heavy atom. The summed E-state index contributed by atoms with van der Waals surface area (Å²) in [6.45, 7) is 1.69. The Morgan fingerprint density at radius 2 is 1.67 bits per heavy atom. The first-order valence-corrected chi connectivity index (χ1v) is 8.16. The number of phenols is 1. The molecule has 0 aliphatic rings. The van der Waals surface area contributed by atoms with Crippen LogP contribution in [0, 0.1) is 6.92 Å². The summed E-state index contributed by atoms with van der Waals surface area (Å²) in [4.78, 5) is 24.8. The third-order valence-electron chi connectivity index (χ3n) is 4.54. The number of ether oxygens (including phenoxy) is 3. The molecule has 0 aliphatic carbocycles. The van der Waals surface area contributed by atoms with Gasteiger partial charge in [0, 0.05) is 18.7 Å². The molecular weight excluding hydrogens is 354 g/mol. The first kappa shape index (κ1) is 20.2. The Morgan fingerprint density at radius 3 is 2.15 bits per heavy atom. The molecule has 1 unspecified atom stereocenters. The van der Waals surface area contributed by atoms with Crippen LogP contribution in [0.1, 0.15) is 29.2 Å². The zero-order valence-corrected chi connectivity index (χ0v) is 15.9. The highest BCUT2D eigenvalue weighted by Crippen LogP contribution is 2.42. The molecular formula is C19H23NO7. The van der Waals surface area contributed by atoms with E-state index in [1.54, 1.807) is 14.0 Å². The smallest absolute Gasteiger partial charge is 0.306 e. The second kappa shape index (κ2) is 8.03. The molecule has 8 heteroatoms. The number of carbonyl (C=O) groups is 1. The van der Waals surface area contributed by atoms with Gasteiger partial charge < -0.3 is 29.0 Å². The second-order valence-corrected chi connectivity index (χ2v) is 6.06. The van der Waals surface area contributed by atoms with Gasteiger partial charge >= 0.3 is 5.97 Å². The van der Waals surface area contributed by atoms with Crippen molar-refractivity contribution in [2.24, 2.45) is 7.05 Å². The Bertz CT molecular complexity index is 892. The van der Waals surface area contributed by atoms with Gasteiger partial charge in [0.1, 0.15) is 5.75 Å². The number of esters is 1. The van der Waals surface area contributed by atoms with Crippen LogP contribution in [0.15, 0.2) is 23.0 Å². The topological polar surface area (TPSA) is 107 Å². The number of hydrogen-bond donors (Lipinski definition) is 2. The van der Waals surface area contributed by atoms with Crippen LogP contribution in [0.25, 0.3) is 0 Å². The highest BCUT2D eigenvalue weighted by molar-refractivity contribution is 5.72. The minimum absolute atomic E-state index is 0.0447. The summed E-state index contributed by atoms with van der Waals surface area (Å²) in [7, 11) is 5.56. The van der Waals surface area contributed by atoms with Gasteiger partial charge in [-0.3, -0.25) is 9.59 Å². The summed E-state index contributed by atoms with van der Waals surface area (Å²) in [5.74, 6) is -1.60. The van der Waals surface area contributed by atoms with E-state index in [-0.39, 0.29) is 35.0 Å². The molecule has 2 aromatic rings. The number of hydrogen-bond acceptors (Lipinski definition) is 7. The largest absolute Gasteiger partial charge is 0.507 e. The molecule has 0 radical (unpaired) electrons. The van der Waals surface area contributed by atoms with Crippen molar-refractivity contribution in [3.05, 3.63) is 45.4 Å².